The molecule has 0 aromatic heterocycles. The van der Waals surface area contributed by atoms with Crippen LogP contribution < -0.4 is 5.32 Å². The minimum absolute atomic E-state index is 0.291. The van der Waals surface area contributed by atoms with Crippen molar-refractivity contribution >= 4 is 27.5 Å². The molecule has 2 aromatic rings. The highest BCUT2D eigenvalue weighted by atomic mass is 79.9. The summed E-state index contributed by atoms with van der Waals surface area (Å²) in [5.74, 6) is 0. The Kier molecular flexibility index (Phi) is 5.44. The summed E-state index contributed by atoms with van der Waals surface area (Å²) in [4.78, 5) is 0. The van der Waals surface area contributed by atoms with Gasteiger partial charge in [-0.25, -0.2) is 0 Å². The maximum absolute atomic E-state index is 6.05. The van der Waals surface area contributed by atoms with Crippen molar-refractivity contribution in [3.8, 4) is 0 Å². The van der Waals surface area contributed by atoms with Gasteiger partial charge in [-0.15, -0.1) is 0 Å². The van der Waals surface area contributed by atoms with Gasteiger partial charge in [-0.3, -0.25) is 0 Å². The fourth-order valence-corrected chi connectivity index (χ4v) is 2.97. The maximum atomic E-state index is 6.05. The second kappa shape index (κ2) is 7.09. The summed E-state index contributed by atoms with van der Waals surface area (Å²) in [5.41, 5.74) is 2.53. The molecule has 0 aliphatic carbocycles. The Morgan fingerprint density at radius 3 is 2.63 bits per heavy atom. The topological polar surface area (TPSA) is 12.0 Å². The molecule has 100 valence electrons. The van der Waals surface area contributed by atoms with Gasteiger partial charge >= 0.3 is 0 Å². The van der Waals surface area contributed by atoms with Crippen LogP contribution in [-0.2, 0) is 6.42 Å². The molecule has 19 heavy (non-hydrogen) atoms. The molecular formula is C16H17BrClN. The molecule has 1 atom stereocenters. The second-order valence-corrected chi connectivity index (χ2v) is 5.76. The monoisotopic (exact) mass is 337 g/mol. The summed E-state index contributed by atoms with van der Waals surface area (Å²) in [5, 5.41) is 4.33. The Hall–Kier alpha value is -0.830. The van der Waals surface area contributed by atoms with Crippen molar-refractivity contribution in [2.24, 2.45) is 0 Å². The van der Waals surface area contributed by atoms with E-state index in [4.69, 9.17) is 11.6 Å². The molecule has 2 rings (SSSR count). The molecule has 1 unspecified atom stereocenters. The molecule has 0 heterocycles. The van der Waals surface area contributed by atoms with E-state index in [9.17, 15) is 0 Å². The van der Waals surface area contributed by atoms with E-state index in [-0.39, 0.29) is 0 Å². The first-order valence-electron chi connectivity index (χ1n) is 6.43. The Morgan fingerprint density at radius 1 is 1.16 bits per heavy atom. The fraction of sp³-hybridized carbons (Fsp3) is 0.250. The standard InChI is InChI=1S/C16H17BrClN/c1-2-19-16(14-8-3-4-9-15(14)17)11-12-6-5-7-13(18)10-12/h3-10,16,19H,2,11H2,1H3. The van der Waals surface area contributed by atoms with E-state index in [1.807, 2.05) is 24.3 Å². The fourth-order valence-electron chi connectivity index (χ4n) is 2.20. The normalized spacial score (nSPS) is 12.4. The maximum Gasteiger partial charge on any atom is 0.0408 e. The minimum Gasteiger partial charge on any atom is -0.310 e. The number of likely N-dealkylation sites (N-methyl/N-ethyl adjacent to an activating group) is 1. The van der Waals surface area contributed by atoms with Crippen molar-refractivity contribution in [1.82, 2.24) is 5.32 Å². The van der Waals surface area contributed by atoms with Gasteiger partial charge in [0.05, 0.1) is 0 Å². The number of halogens is 2. The van der Waals surface area contributed by atoms with Gasteiger partial charge in [0.15, 0.2) is 0 Å². The lowest BCUT2D eigenvalue weighted by atomic mass is 9.99. The summed E-state index contributed by atoms with van der Waals surface area (Å²) >= 11 is 9.68. The van der Waals surface area contributed by atoms with Crippen LogP contribution >= 0.6 is 27.5 Å². The van der Waals surface area contributed by atoms with Crippen molar-refractivity contribution in [2.75, 3.05) is 6.54 Å². The van der Waals surface area contributed by atoms with Crippen LogP contribution in [0.4, 0.5) is 0 Å². The Balaban J connectivity index is 2.24. The van der Waals surface area contributed by atoms with Gasteiger partial charge in [-0.2, -0.15) is 0 Å². The SMILES string of the molecule is CCNC(Cc1cccc(Cl)c1)c1ccccc1Br. The van der Waals surface area contributed by atoms with E-state index in [0.717, 1.165) is 22.5 Å². The second-order valence-electron chi connectivity index (χ2n) is 4.47. The number of nitrogens with one attached hydrogen (secondary N) is 1. The lowest BCUT2D eigenvalue weighted by Crippen LogP contribution is -2.23. The number of rotatable bonds is 5. The molecule has 0 radical (unpaired) electrons. The molecular weight excluding hydrogens is 322 g/mol. The molecule has 0 saturated heterocycles. The summed E-state index contributed by atoms with van der Waals surface area (Å²) < 4.78 is 1.14. The van der Waals surface area contributed by atoms with Crippen molar-refractivity contribution in [3.63, 3.8) is 0 Å². The Labute approximate surface area is 128 Å². The van der Waals surface area contributed by atoms with Crippen molar-refractivity contribution in [2.45, 2.75) is 19.4 Å². The molecule has 0 aliphatic rings. The van der Waals surface area contributed by atoms with Crippen LogP contribution in [0.2, 0.25) is 5.02 Å². The predicted octanol–water partition coefficient (Wildman–Crippen LogP) is 5.00. The molecule has 1 N–H and O–H groups in total. The Morgan fingerprint density at radius 2 is 1.95 bits per heavy atom. The zero-order chi connectivity index (χ0) is 13.7. The number of benzene rings is 2. The summed E-state index contributed by atoms with van der Waals surface area (Å²) in [6.45, 7) is 3.06. The van der Waals surface area contributed by atoms with Gasteiger partial charge in [0.1, 0.15) is 0 Å². The summed E-state index contributed by atoms with van der Waals surface area (Å²) in [6.07, 6.45) is 0.928. The van der Waals surface area contributed by atoms with Gasteiger partial charge in [0.2, 0.25) is 0 Å². The zero-order valence-corrected chi connectivity index (χ0v) is 13.2. The third-order valence-corrected chi connectivity index (χ3v) is 4.02. The minimum atomic E-state index is 0.291. The van der Waals surface area contributed by atoms with Gasteiger partial charge < -0.3 is 5.32 Å². The molecule has 0 aliphatic heterocycles. The molecule has 0 fully saturated rings. The summed E-state index contributed by atoms with van der Waals surface area (Å²) in [7, 11) is 0. The van der Waals surface area contributed by atoms with Gasteiger partial charge in [0, 0.05) is 15.5 Å². The van der Waals surface area contributed by atoms with Crippen LogP contribution in [0, 0.1) is 0 Å². The zero-order valence-electron chi connectivity index (χ0n) is 10.9. The van der Waals surface area contributed by atoms with Crippen molar-refractivity contribution < 1.29 is 0 Å². The van der Waals surface area contributed by atoms with Gasteiger partial charge in [0.25, 0.3) is 0 Å². The van der Waals surface area contributed by atoms with E-state index < -0.39 is 0 Å². The molecule has 3 heteroatoms. The Bertz CT molecular complexity index is 542. The third-order valence-electron chi connectivity index (χ3n) is 3.06. The highest BCUT2D eigenvalue weighted by Crippen LogP contribution is 2.26. The van der Waals surface area contributed by atoms with Gasteiger partial charge in [-0.05, 0) is 42.3 Å². The van der Waals surface area contributed by atoms with E-state index >= 15 is 0 Å². The van der Waals surface area contributed by atoms with E-state index in [1.165, 1.54) is 11.1 Å². The van der Waals surface area contributed by atoms with Crippen molar-refractivity contribution in [1.29, 1.82) is 0 Å². The molecule has 0 bridgehead atoms. The van der Waals surface area contributed by atoms with Crippen molar-refractivity contribution in [3.05, 3.63) is 69.2 Å². The van der Waals surface area contributed by atoms with Crippen LogP contribution in [0.15, 0.2) is 53.0 Å². The molecule has 0 amide bonds. The average Bonchev–Trinajstić information content (AvgIpc) is 2.39. The average molecular weight is 339 g/mol. The quantitative estimate of drug-likeness (QED) is 0.809. The molecule has 1 nitrogen and oxygen atoms in total. The van der Waals surface area contributed by atoms with E-state index in [2.05, 4.69) is 52.4 Å². The first-order valence-corrected chi connectivity index (χ1v) is 7.60. The predicted molar refractivity (Wildman–Crippen MR) is 85.7 cm³/mol. The van der Waals surface area contributed by atoms with E-state index in [1.54, 1.807) is 0 Å². The van der Waals surface area contributed by atoms with Crippen LogP contribution in [-0.4, -0.2) is 6.54 Å². The molecule has 2 aromatic carbocycles. The molecule has 0 spiro atoms. The first-order chi connectivity index (χ1) is 9.20. The number of hydrogen-bond acceptors (Lipinski definition) is 1. The third kappa shape index (κ3) is 4.07. The van der Waals surface area contributed by atoms with E-state index in [0.29, 0.717) is 6.04 Å². The highest BCUT2D eigenvalue weighted by molar-refractivity contribution is 9.10. The first kappa shape index (κ1) is 14.6. The molecule has 0 saturated carbocycles. The lowest BCUT2D eigenvalue weighted by Gasteiger charge is -2.20. The van der Waals surface area contributed by atoms with Crippen LogP contribution in [0.3, 0.4) is 0 Å². The van der Waals surface area contributed by atoms with Crippen LogP contribution in [0.5, 0.6) is 0 Å². The smallest absolute Gasteiger partial charge is 0.0408 e. The lowest BCUT2D eigenvalue weighted by molar-refractivity contribution is 0.548. The largest absolute Gasteiger partial charge is 0.310 e. The van der Waals surface area contributed by atoms with Gasteiger partial charge in [-0.1, -0.05) is 64.8 Å². The van der Waals surface area contributed by atoms with Crippen LogP contribution in [0.1, 0.15) is 24.1 Å². The summed E-state index contributed by atoms with van der Waals surface area (Å²) in [6, 6.07) is 16.7. The van der Waals surface area contributed by atoms with Crippen LogP contribution in [0.25, 0.3) is 0 Å². The highest BCUT2D eigenvalue weighted by Gasteiger charge is 2.13. The number of hydrogen-bond donors (Lipinski definition) is 1.